The molecule has 0 saturated carbocycles. The maximum atomic E-state index is 12.3. The summed E-state index contributed by atoms with van der Waals surface area (Å²) in [4.78, 5) is 21.0. The normalized spacial score (nSPS) is 11.7. The van der Waals surface area contributed by atoms with Crippen molar-refractivity contribution < 1.29 is 14.6 Å². The first-order valence-electron chi connectivity index (χ1n) is 11.7. The van der Waals surface area contributed by atoms with Gasteiger partial charge >= 0.3 is 0 Å². The zero-order chi connectivity index (χ0) is 26.0. The molecule has 1 amide bonds. The fraction of sp³-hybridized carbons (Fsp3) is 0.231. The molecule has 0 fully saturated rings. The van der Waals surface area contributed by atoms with Crippen molar-refractivity contribution >= 4 is 50.9 Å². The van der Waals surface area contributed by atoms with Crippen LogP contribution >= 0.6 is 11.6 Å². The highest BCUT2D eigenvalue weighted by atomic mass is 35.5. The van der Waals surface area contributed by atoms with E-state index in [-0.39, 0.29) is 12.5 Å². The van der Waals surface area contributed by atoms with Gasteiger partial charge < -0.3 is 25.0 Å². The third-order valence-electron chi connectivity index (χ3n) is 6.03. The Morgan fingerprint density at radius 3 is 2.86 bits per heavy atom. The number of amides is 1. The van der Waals surface area contributed by atoms with E-state index in [1.807, 2.05) is 41.1 Å². The second-order valence-electron chi connectivity index (χ2n) is 9.25. The van der Waals surface area contributed by atoms with Gasteiger partial charge in [0.2, 0.25) is 5.91 Å². The summed E-state index contributed by atoms with van der Waals surface area (Å²) in [7, 11) is 0. The number of carbonyl (C=O) groups excluding carboxylic acids is 1. The van der Waals surface area contributed by atoms with Gasteiger partial charge in [-0.2, -0.15) is 5.10 Å². The number of nitrogens with zero attached hydrogens (tertiary/aromatic N) is 4. The molecule has 5 rings (SSSR count). The van der Waals surface area contributed by atoms with Crippen LogP contribution in [0.1, 0.15) is 13.8 Å². The van der Waals surface area contributed by atoms with Crippen molar-refractivity contribution in [2.75, 3.05) is 18.5 Å². The molecule has 10 nitrogen and oxygen atoms in total. The number of rotatable bonds is 9. The molecule has 0 atom stereocenters. The van der Waals surface area contributed by atoms with Crippen LogP contribution in [-0.4, -0.2) is 48.9 Å². The van der Waals surface area contributed by atoms with Crippen LogP contribution < -0.4 is 15.4 Å². The lowest BCUT2D eigenvalue weighted by atomic mass is 9.94. The number of aliphatic hydroxyl groups excluding tert-OH is 1. The Labute approximate surface area is 217 Å². The molecule has 0 spiro atoms. The molecule has 4 N–H and O–H groups in total. The monoisotopic (exact) mass is 519 g/mol. The lowest BCUT2D eigenvalue weighted by Crippen LogP contribution is -2.40. The largest absolute Gasteiger partial charge is 0.456 e. The molecule has 0 saturated heterocycles. The fourth-order valence-corrected chi connectivity index (χ4v) is 4.04. The molecule has 0 unspecified atom stereocenters. The summed E-state index contributed by atoms with van der Waals surface area (Å²) in [6.45, 7) is 4.07. The molecule has 0 aliphatic heterocycles. The number of aromatic amines is 1. The molecule has 0 aliphatic rings. The molecule has 11 heteroatoms. The number of aromatic nitrogens is 5. The van der Waals surface area contributed by atoms with Crippen LogP contribution in [-0.2, 0) is 11.3 Å². The van der Waals surface area contributed by atoms with Gasteiger partial charge in [-0.15, -0.1) is 0 Å². The minimum absolute atomic E-state index is 0.206. The summed E-state index contributed by atoms with van der Waals surface area (Å²) in [5.74, 6) is 1.56. The number of H-pyrrole nitrogens is 1. The van der Waals surface area contributed by atoms with Gasteiger partial charge in [0, 0.05) is 36.4 Å². The van der Waals surface area contributed by atoms with Gasteiger partial charge in [-0.05, 0) is 50.2 Å². The lowest BCUT2D eigenvalue weighted by molar-refractivity contribution is -0.131. The Hall–Kier alpha value is -4.15. The molecule has 0 bridgehead atoms. The number of aliphatic hydroxyl groups is 1. The lowest BCUT2D eigenvalue weighted by Gasteiger charge is -2.20. The van der Waals surface area contributed by atoms with Gasteiger partial charge in [-0.3, -0.25) is 9.89 Å². The molecular weight excluding hydrogens is 494 g/mol. The third kappa shape index (κ3) is 5.20. The summed E-state index contributed by atoms with van der Waals surface area (Å²) >= 11 is 6.54. The van der Waals surface area contributed by atoms with Gasteiger partial charge in [0.1, 0.15) is 23.3 Å². The van der Waals surface area contributed by atoms with E-state index >= 15 is 0 Å². The van der Waals surface area contributed by atoms with Gasteiger partial charge in [-0.25, -0.2) is 9.97 Å². The molecular formula is C26H26ClN7O3. The molecule has 3 heterocycles. The second-order valence-corrected chi connectivity index (χ2v) is 9.66. The first-order valence-corrected chi connectivity index (χ1v) is 12.1. The first-order chi connectivity index (χ1) is 17.8. The fourth-order valence-electron chi connectivity index (χ4n) is 3.82. The predicted molar refractivity (Wildman–Crippen MR) is 142 cm³/mol. The van der Waals surface area contributed by atoms with Crippen LogP contribution in [0.4, 0.5) is 11.5 Å². The molecule has 0 radical (unpaired) electrons. The Morgan fingerprint density at radius 1 is 1.19 bits per heavy atom. The Morgan fingerprint density at radius 2 is 2.05 bits per heavy atom. The Bertz CT molecular complexity index is 1580. The minimum Gasteiger partial charge on any atom is -0.456 e. The number of fused-ring (bicyclic) bond motifs is 2. The number of hydrogen-bond acceptors (Lipinski definition) is 7. The number of anilines is 2. The predicted octanol–water partition coefficient (Wildman–Crippen LogP) is 4.63. The molecule has 0 aliphatic carbocycles. The number of carbonyl (C=O) groups is 1. The van der Waals surface area contributed by atoms with Crippen LogP contribution in [0.2, 0.25) is 5.02 Å². The van der Waals surface area contributed by atoms with E-state index < -0.39 is 5.41 Å². The zero-order valence-electron chi connectivity index (χ0n) is 20.3. The van der Waals surface area contributed by atoms with Gasteiger partial charge in [0.05, 0.1) is 34.3 Å². The maximum absolute atomic E-state index is 12.3. The van der Waals surface area contributed by atoms with E-state index in [0.29, 0.717) is 35.4 Å². The average Bonchev–Trinajstić information content (AvgIpc) is 3.53. The van der Waals surface area contributed by atoms with Crippen molar-refractivity contribution in [3.63, 3.8) is 0 Å². The standard InChI is InChI=1S/C26H26ClN7O3/c1-26(2,14-35)25(36)28-8-10-34-9-7-20-23(34)24(30-15-29-20)32-17-4-6-22(19(27)11-17)37-18-5-3-16-13-31-33-21(16)12-18/h3-7,9,11-13,15,35H,8,10,14H2,1-2H3,(H,28,36)(H,31,33)(H,29,30,32). The third-order valence-corrected chi connectivity index (χ3v) is 6.33. The SMILES string of the molecule is CC(C)(CO)C(=O)NCCn1ccc2ncnc(Nc3ccc(Oc4ccc5cn[nH]c5c4)c(Cl)c3)c21. The quantitative estimate of drug-likeness (QED) is 0.223. The smallest absolute Gasteiger partial charge is 0.228 e. The average molecular weight is 520 g/mol. The summed E-state index contributed by atoms with van der Waals surface area (Å²) in [6, 6.07) is 13.0. The van der Waals surface area contributed by atoms with Crippen LogP contribution in [0.3, 0.4) is 0 Å². The van der Waals surface area contributed by atoms with E-state index in [2.05, 4.69) is 30.8 Å². The van der Waals surface area contributed by atoms with E-state index in [9.17, 15) is 9.90 Å². The summed E-state index contributed by atoms with van der Waals surface area (Å²) in [6.07, 6.45) is 5.14. The van der Waals surface area contributed by atoms with Crippen LogP contribution in [0.5, 0.6) is 11.5 Å². The van der Waals surface area contributed by atoms with Crippen molar-refractivity contribution in [2.24, 2.45) is 5.41 Å². The topological polar surface area (TPSA) is 130 Å². The highest BCUT2D eigenvalue weighted by molar-refractivity contribution is 6.32. The molecule has 5 aromatic rings. The number of benzene rings is 2. The maximum Gasteiger partial charge on any atom is 0.228 e. The summed E-state index contributed by atoms with van der Waals surface area (Å²) < 4.78 is 7.94. The molecule has 37 heavy (non-hydrogen) atoms. The number of nitrogens with one attached hydrogen (secondary N) is 3. The number of halogens is 1. The highest BCUT2D eigenvalue weighted by Gasteiger charge is 2.26. The minimum atomic E-state index is -0.838. The van der Waals surface area contributed by atoms with Crippen LogP contribution in [0, 0.1) is 5.41 Å². The highest BCUT2D eigenvalue weighted by Crippen LogP contribution is 2.34. The van der Waals surface area contributed by atoms with E-state index in [4.69, 9.17) is 16.3 Å². The van der Waals surface area contributed by atoms with E-state index in [1.165, 1.54) is 6.33 Å². The van der Waals surface area contributed by atoms with Crippen molar-refractivity contribution in [3.05, 3.63) is 66.2 Å². The van der Waals surface area contributed by atoms with Crippen LogP contribution in [0.25, 0.3) is 21.9 Å². The van der Waals surface area contributed by atoms with Crippen molar-refractivity contribution in [2.45, 2.75) is 20.4 Å². The summed E-state index contributed by atoms with van der Waals surface area (Å²) in [5, 5.41) is 24.0. The van der Waals surface area contributed by atoms with Crippen molar-refractivity contribution in [1.82, 2.24) is 30.0 Å². The number of ether oxygens (including phenoxy) is 1. The van der Waals surface area contributed by atoms with E-state index in [1.54, 1.807) is 32.2 Å². The van der Waals surface area contributed by atoms with E-state index in [0.717, 1.165) is 27.6 Å². The van der Waals surface area contributed by atoms with Crippen molar-refractivity contribution in [1.29, 1.82) is 0 Å². The van der Waals surface area contributed by atoms with Gasteiger partial charge in [0.25, 0.3) is 0 Å². The Balaban J connectivity index is 1.31. The van der Waals surface area contributed by atoms with Crippen LogP contribution in [0.15, 0.2) is 61.2 Å². The number of hydrogen-bond donors (Lipinski definition) is 4. The molecule has 2 aromatic carbocycles. The summed E-state index contributed by atoms with van der Waals surface area (Å²) in [5.41, 5.74) is 2.32. The molecule has 3 aromatic heterocycles. The van der Waals surface area contributed by atoms with Crippen molar-refractivity contribution in [3.8, 4) is 11.5 Å². The second kappa shape index (κ2) is 10.1. The Kier molecular flexibility index (Phi) is 6.68. The molecule has 190 valence electrons. The van der Waals surface area contributed by atoms with Gasteiger partial charge in [-0.1, -0.05) is 11.6 Å². The zero-order valence-corrected chi connectivity index (χ0v) is 21.1. The first kappa shape index (κ1) is 24.5. The van der Waals surface area contributed by atoms with Gasteiger partial charge in [0.15, 0.2) is 5.82 Å².